The van der Waals surface area contributed by atoms with Crippen LogP contribution in [0.5, 0.6) is 5.75 Å². The molecule has 0 radical (unpaired) electrons. The molecule has 1 aromatic rings. The minimum Gasteiger partial charge on any atom is -0.507 e. The molecule has 0 aromatic heterocycles. The van der Waals surface area contributed by atoms with Crippen molar-refractivity contribution in [3.63, 3.8) is 0 Å². The molecule has 1 aromatic carbocycles. The summed E-state index contributed by atoms with van der Waals surface area (Å²) in [6.45, 7) is 0. The van der Waals surface area contributed by atoms with Crippen LogP contribution in [0.1, 0.15) is 5.56 Å². The maximum Gasteiger partial charge on any atom is 0.237 e. The second-order valence-electron chi connectivity index (χ2n) is 2.40. The van der Waals surface area contributed by atoms with Gasteiger partial charge in [-0.3, -0.25) is 5.21 Å². The molecule has 0 heterocycles. The van der Waals surface area contributed by atoms with Gasteiger partial charge in [0, 0.05) is 5.56 Å². The first-order chi connectivity index (χ1) is 6.74. The number of nitrogens with zero attached hydrogens (tertiary/aromatic N) is 2. The molecule has 0 bridgehead atoms. The Morgan fingerprint density at radius 1 is 1.43 bits per heavy atom. The zero-order valence-electron chi connectivity index (χ0n) is 7.25. The Labute approximate surface area is 80.4 Å². The fraction of sp³-hybridized carbons (Fsp3) is 0. The number of benzene rings is 1. The molecule has 0 aliphatic heterocycles. The molecule has 0 spiro atoms. The number of para-hydroxylation sites is 1. The summed E-state index contributed by atoms with van der Waals surface area (Å²) in [7, 11) is 0. The molecule has 0 fully saturated rings. The van der Waals surface area contributed by atoms with E-state index in [0.29, 0.717) is 5.56 Å². The molecule has 0 saturated carbocycles. The first-order valence-electron chi connectivity index (χ1n) is 3.78. The number of phenols is 1. The third kappa shape index (κ3) is 2.76. The van der Waals surface area contributed by atoms with Crippen LogP contribution in [0.25, 0.3) is 0 Å². The maximum absolute atomic E-state index is 9.30. The molecule has 0 saturated heterocycles. The van der Waals surface area contributed by atoms with E-state index in [0.717, 1.165) is 0 Å². The van der Waals surface area contributed by atoms with Gasteiger partial charge in [-0.2, -0.15) is 5.10 Å². The van der Waals surface area contributed by atoms with Gasteiger partial charge in [0.2, 0.25) is 5.96 Å². The Bertz CT molecular complexity index is 362. The zero-order valence-corrected chi connectivity index (χ0v) is 7.25. The Balaban J connectivity index is 2.74. The van der Waals surface area contributed by atoms with E-state index in [-0.39, 0.29) is 11.7 Å². The van der Waals surface area contributed by atoms with Gasteiger partial charge in [-0.25, -0.2) is 5.48 Å². The van der Waals surface area contributed by atoms with Crippen LogP contribution < -0.4 is 11.2 Å². The predicted octanol–water partition coefficient (Wildman–Crippen LogP) is 0.0196. The third-order valence-electron chi connectivity index (χ3n) is 1.41. The summed E-state index contributed by atoms with van der Waals surface area (Å²) in [6.07, 6.45) is 1.32. The lowest BCUT2D eigenvalue weighted by molar-refractivity contribution is 0.232. The molecular weight excluding hydrogens is 184 g/mol. The van der Waals surface area contributed by atoms with Crippen LogP contribution in [0, 0.1) is 0 Å². The number of aromatic hydroxyl groups is 1. The predicted molar refractivity (Wildman–Crippen MR) is 52.2 cm³/mol. The Morgan fingerprint density at radius 3 is 2.79 bits per heavy atom. The van der Waals surface area contributed by atoms with E-state index in [4.69, 9.17) is 10.9 Å². The summed E-state index contributed by atoms with van der Waals surface area (Å²) in [4.78, 5) is 0. The smallest absolute Gasteiger partial charge is 0.237 e. The summed E-state index contributed by atoms with van der Waals surface area (Å²) in [5.41, 5.74) is 7.22. The largest absolute Gasteiger partial charge is 0.507 e. The van der Waals surface area contributed by atoms with Gasteiger partial charge in [0.05, 0.1) is 6.21 Å². The number of hydrogen-bond donors (Lipinski definition) is 4. The lowest BCUT2D eigenvalue weighted by Gasteiger charge is -1.95. The van der Waals surface area contributed by atoms with Crippen molar-refractivity contribution >= 4 is 12.2 Å². The van der Waals surface area contributed by atoms with Crippen LogP contribution in [0.3, 0.4) is 0 Å². The number of hydrogen-bond acceptors (Lipinski definition) is 4. The van der Waals surface area contributed by atoms with Gasteiger partial charge in [0.15, 0.2) is 0 Å². The van der Waals surface area contributed by atoms with Crippen molar-refractivity contribution in [3.05, 3.63) is 29.8 Å². The average Bonchev–Trinajstić information content (AvgIpc) is 2.20. The number of nitrogens with one attached hydrogen (secondary N) is 1. The van der Waals surface area contributed by atoms with Gasteiger partial charge in [0.1, 0.15) is 5.75 Å². The van der Waals surface area contributed by atoms with Gasteiger partial charge < -0.3 is 10.8 Å². The lowest BCUT2D eigenvalue weighted by atomic mass is 10.2. The van der Waals surface area contributed by atoms with Crippen molar-refractivity contribution in [2.75, 3.05) is 0 Å². The first-order valence-corrected chi connectivity index (χ1v) is 3.78. The molecular formula is C8H10N4O2. The quantitative estimate of drug-likeness (QED) is 0.302. The number of rotatable bonds is 2. The molecule has 14 heavy (non-hydrogen) atoms. The van der Waals surface area contributed by atoms with Crippen molar-refractivity contribution in [2.45, 2.75) is 0 Å². The highest BCUT2D eigenvalue weighted by Crippen LogP contribution is 2.12. The number of hydroxylamine groups is 1. The van der Waals surface area contributed by atoms with Gasteiger partial charge in [-0.05, 0) is 12.1 Å². The van der Waals surface area contributed by atoms with Crippen molar-refractivity contribution in [1.82, 2.24) is 5.48 Å². The Morgan fingerprint density at radius 2 is 2.14 bits per heavy atom. The molecule has 0 amide bonds. The minimum atomic E-state index is -0.225. The van der Waals surface area contributed by atoms with Crippen LogP contribution in [0.2, 0.25) is 0 Å². The SMILES string of the molecule is N/C(=N\N=C/c1ccccc1O)NO. The van der Waals surface area contributed by atoms with E-state index in [2.05, 4.69) is 10.2 Å². The molecule has 6 nitrogen and oxygen atoms in total. The topological polar surface area (TPSA) is 103 Å². The molecule has 0 aliphatic rings. The van der Waals surface area contributed by atoms with E-state index in [9.17, 15) is 5.11 Å². The van der Waals surface area contributed by atoms with Gasteiger partial charge >= 0.3 is 0 Å². The van der Waals surface area contributed by atoms with Crippen molar-refractivity contribution < 1.29 is 10.3 Å². The second-order valence-corrected chi connectivity index (χ2v) is 2.40. The van der Waals surface area contributed by atoms with E-state index >= 15 is 0 Å². The lowest BCUT2D eigenvalue weighted by Crippen LogP contribution is -2.27. The van der Waals surface area contributed by atoms with Crippen molar-refractivity contribution in [2.24, 2.45) is 15.9 Å². The maximum atomic E-state index is 9.30. The fourth-order valence-corrected chi connectivity index (χ4v) is 0.772. The van der Waals surface area contributed by atoms with Crippen molar-refractivity contribution in [1.29, 1.82) is 0 Å². The van der Waals surface area contributed by atoms with Crippen LogP contribution in [-0.4, -0.2) is 22.5 Å². The fourth-order valence-electron chi connectivity index (χ4n) is 0.772. The summed E-state index contributed by atoms with van der Waals surface area (Å²) in [6, 6.07) is 6.63. The summed E-state index contributed by atoms with van der Waals surface area (Å²) < 4.78 is 0. The molecule has 0 aliphatic carbocycles. The zero-order chi connectivity index (χ0) is 10.4. The van der Waals surface area contributed by atoms with Crippen LogP contribution in [0.4, 0.5) is 0 Å². The van der Waals surface area contributed by atoms with Crippen LogP contribution in [-0.2, 0) is 0 Å². The van der Waals surface area contributed by atoms with Crippen LogP contribution in [0.15, 0.2) is 34.5 Å². The molecule has 74 valence electrons. The van der Waals surface area contributed by atoms with Gasteiger partial charge in [-0.1, -0.05) is 12.1 Å². The number of nitrogens with two attached hydrogens (primary N) is 1. The van der Waals surface area contributed by atoms with Crippen LogP contribution >= 0.6 is 0 Å². The number of phenolic OH excluding ortho intramolecular Hbond substituents is 1. The molecule has 1 rings (SSSR count). The van der Waals surface area contributed by atoms with E-state index in [1.807, 2.05) is 0 Å². The summed E-state index contributed by atoms with van der Waals surface area (Å²) >= 11 is 0. The molecule has 0 atom stereocenters. The standard InChI is InChI=1S/C8H10N4O2/c9-8(12-14)11-10-5-6-3-1-2-4-7(6)13/h1-5,13-14H,(H3,9,11,12)/b10-5-. The molecule has 5 N–H and O–H groups in total. The summed E-state index contributed by atoms with van der Waals surface area (Å²) in [5.74, 6) is -0.126. The number of guanidine groups is 1. The van der Waals surface area contributed by atoms with Gasteiger partial charge in [-0.15, -0.1) is 5.10 Å². The van der Waals surface area contributed by atoms with E-state index < -0.39 is 0 Å². The highest BCUT2D eigenvalue weighted by Gasteiger charge is 1.93. The van der Waals surface area contributed by atoms with Gasteiger partial charge in [0.25, 0.3) is 0 Å². The Kier molecular flexibility index (Phi) is 3.45. The third-order valence-corrected chi connectivity index (χ3v) is 1.41. The highest BCUT2D eigenvalue weighted by atomic mass is 16.5. The first kappa shape index (κ1) is 10.0. The minimum absolute atomic E-state index is 0.0991. The summed E-state index contributed by atoms with van der Waals surface area (Å²) in [5, 5.41) is 24.5. The second kappa shape index (κ2) is 4.83. The van der Waals surface area contributed by atoms with E-state index in [1.54, 1.807) is 23.7 Å². The normalized spacial score (nSPS) is 11.9. The average molecular weight is 194 g/mol. The highest BCUT2D eigenvalue weighted by molar-refractivity contribution is 5.84. The monoisotopic (exact) mass is 194 g/mol. The molecule has 0 unspecified atom stereocenters. The molecule has 6 heteroatoms. The van der Waals surface area contributed by atoms with E-state index in [1.165, 1.54) is 12.3 Å². The Hall–Kier alpha value is -2.08. The van der Waals surface area contributed by atoms with Crippen molar-refractivity contribution in [3.8, 4) is 5.75 Å².